The van der Waals surface area contributed by atoms with E-state index in [0.717, 1.165) is 35.3 Å². The molecule has 80 valence electrons. The summed E-state index contributed by atoms with van der Waals surface area (Å²) in [5.74, 6) is 0. The molecule has 1 amide bonds. The van der Waals surface area contributed by atoms with E-state index in [-0.39, 0.29) is 5.24 Å². The Hall–Kier alpha value is -0.480. The maximum absolute atomic E-state index is 11.8. The van der Waals surface area contributed by atoms with Crippen LogP contribution in [0.5, 0.6) is 0 Å². The predicted molar refractivity (Wildman–Crippen MR) is 66.2 cm³/mol. The van der Waals surface area contributed by atoms with Crippen molar-refractivity contribution in [1.29, 1.82) is 0 Å². The zero-order chi connectivity index (χ0) is 10.7. The molecule has 0 aliphatic carbocycles. The first-order chi connectivity index (χ1) is 7.25. The number of carbonyl (C=O) groups is 1. The van der Waals surface area contributed by atoms with E-state index >= 15 is 0 Å². The van der Waals surface area contributed by atoms with Gasteiger partial charge in [0, 0.05) is 22.5 Å². The normalized spacial score (nSPS) is 15.7. The molecule has 0 atom stereocenters. The summed E-state index contributed by atoms with van der Waals surface area (Å²) in [6.07, 6.45) is 2.29. The molecular weight excluding hydrogens is 274 g/mol. The molecule has 15 heavy (non-hydrogen) atoms. The SMILES string of the molecule is O=C(Sc1ccc(Br)cc1)N1CCCC1. The number of thioether (sulfide) groups is 1. The molecule has 1 aliphatic rings. The van der Waals surface area contributed by atoms with Crippen molar-refractivity contribution in [3.8, 4) is 0 Å². The summed E-state index contributed by atoms with van der Waals surface area (Å²) in [4.78, 5) is 14.7. The second kappa shape index (κ2) is 5.03. The number of nitrogens with zero attached hydrogens (tertiary/aromatic N) is 1. The average Bonchev–Trinajstić information content (AvgIpc) is 2.74. The number of rotatable bonds is 1. The van der Waals surface area contributed by atoms with Gasteiger partial charge in [-0.1, -0.05) is 15.9 Å². The van der Waals surface area contributed by atoms with Crippen molar-refractivity contribution in [2.24, 2.45) is 0 Å². The summed E-state index contributed by atoms with van der Waals surface area (Å²) in [5.41, 5.74) is 0. The number of amides is 1. The largest absolute Gasteiger partial charge is 0.333 e. The van der Waals surface area contributed by atoms with Crippen molar-refractivity contribution >= 4 is 32.9 Å². The maximum Gasteiger partial charge on any atom is 0.286 e. The minimum atomic E-state index is 0.176. The van der Waals surface area contributed by atoms with Crippen LogP contribution in [0, 0.1) is 0 Å². The lowest BCUT2D eigenvalue weighted by molar-refractivity contribution is 0.233. The van der Waals surface area contributed by atoms with Crippen LogP contribution >= 0.6 is 27.7 Å². The maximum atomic E-state index is 11.8. The summed E-state index contributed by atoms with van der Waals surface area (Å²) < 4.78 is 1.04. The molecule has 2 nitrogen and oxygen atoms in total. The summed E-state index contributed by atoms with van der Waals surface area (Å²) in [6, 6.07) is 7.84. The lowest BCUT2D eigenvalue weighted by Crippen LogP contribution is -2.23. The Morgan fingerprint density at radius 3 is 2.40 bits per heavy atom. The summed E-state index contributed by atoms with van der Waals surface area (Å²) >= 11 is 4.69. The molecular formula is C11H12BrNOS. The highest BCUT2D eigenvalue weighted by molar-refractivity contribution is 9.10. The van der Waals surface area contributed by atoms with Crippen molar-refractivity contribution in [2.45, 2.75) is 17.7 Å². The third kappa shape index (κ3) is 2.98. The minimum absolute atomic E-state index is 0.176. The van der Waals surface area contributed by atoms with Crippen LogP contribution in [-0.2, 0) is 0 Å². The first-order valence-corrected chi connectivity index (χ1v) is 6.59. The van der Waals surface area contributed by atoms with Gasteiger partial charge >= 0.3 is 0 Å². The molecule has 1 heterocycles. The molecule has 1 aromatic carbocycles. The zero-order valence-corrected chi connectivity index (χ0v) is 10.7. The van der Waals surface area contributed by atoms with E-state index in [9.17, 15) is 4.79 Å². The monoisotopic (exact) mass is 285 g/mol. The van der Waals surface area contributed by atoms with Crippen LogP contribution in [0.2, 0.25) is 0 Å². The standard InChI is InChI=1S/C11H12BrNOS/c12-9-3-5-10(6-4-9)15-11(14)13-7-1-2-8-13/h3-6H,1-2,7-8H2. The topological polar surface area (TPSA) is 20.3 Å². The Bertz CT molecular complexity index is 346. The molecule has 4 heteroatoms. The van der Waals surface area contributed by atoms with Crippen molar-refractivity contribution in [3.05, 3.63) is 28.7 Å². The van der Waals surface area contributed by atoms with E-state index < -0.39 is 0 Å². The van der Waals surface area contributed by atoms with Crippen molar-refractivity contribution in [3.63, 3.8) is 0 Å². The van der Waals surface area contributed by atoms with Gasteiger partial charge in [0.15, 0.2) is 0 Å². The van der Waals surface area contributed by atoms with Gasteiger partial charge < -0.3 is 4.90 Å². The van der Waals surface area contributed by atoms with Gasteiger partial charge in [0.1, 0.15) is 0 Å². The molecule has 0 bridgehead atoms. The van der Waals surface area contributed by atoms with E-state index in [4.69, 9.17) is 0 Å². The molecule has 2 rings (SSSR count). The van der Waals surface area contributed by atoms with E-state index in [1.54, 1.807) is 0 Å². The molecule has 1 saturated heterocycles. The van der Waals surface area contributed by atoms with Gasteiger partial charge in [0.2, 0.25) is 0 Å². The molecule has 0 spiro atoms. The van der Waals surface area contributed by atoms with Crippen LogP contribution in [0.4, 0.5) is 4.79 Å². The fourth-order valence-corrected chi connectivity index (χ4v) is 2.62. The minimum Gasteiger partial charge on any atom is -0.333 e. The third-order valence-electron chi connectivity index (χ3n) is 2.38. The van der Waals surface area contributed by atoms with Gasteiger partial charge in [0.25, 0.3) is 5.24 Å². The van der Waals surface area contributed by atoms with Gasteiger partial charge in [-0.3, -0.25) is 4.79 Å². The van der Waals surface area contributed by atoms with Crippen LogP contribution in [0.3, 0.4) is 0 Å². The van der Waals surface area contributed by atoms with E-state index in [0.29, 0.717) is 0 Å². The first-order valence-electron chi connectivity index (χ1n) is 4.98. The molecule has 1 fully saturated rings. The number of hydrogen-bond acceptors (Lipinski definition) is 2. The highest BCUT2D eigenvalue weighted by Gasteiger charge is 2.18. The number of likely N-dealkylation sites (tertiary alicyclic amines) is 1. The Morgan fingerprint density at radius 1 is 1.20 bits per heavy atom. The van der Waals surface area contributed by atoms with Gasteiger partial charge in [-0.15, -0.1) is 0 Å². The lowest BCUT2D eigenvalue weighted by atomic mass is 10.4. The van der Waals surface area contributed by atoms with Crippen LogP contribution in [0.25, 0.3) is 0 Å². The lowest BCUT2D eigenvalue weighted by Gasteiger charge is -2.13. The molecule has 1 aliphatic heterocycles. The van der Waals surface area contributed by atoms with Gasteiger partial charge in [0.05, 0.1) is 0 Å². The van der Waals surface area contributed by atoms with E-state index in [1.807, 2.05) is 29.2 Å². The number of benzene rings is 1. The number of hydrogen-bond donors (Lipinski definition) is 0. The second-order valence-electron chi connectivity index (χ2n) is 3.52. The molecule has 1 aromatic rings. The van der Waals surface area contributed by atoms with Gasteiger partial charge in [-0.25, -0.2) is 0 Å². The highest BCUT2D eigenvalue weighted by Crippen LogP contribution is 2.25. The van der Waals surface area contributed by atoms with Crippen LogP contribution in [0.15, 0.2) is 33.6 Å². The Labute approximate surface area is 102 Å². The third-order valence-corrected chi connectivity index (χ3v) is 3.85. The Kier molecular flexibility index (Phi) is 3.70. The molecule has 0 N–H and O–H groups in total. The smallest absolute Gasteiger partial charge is 0.286 e. The Morgan fingerprint density at radius 2 is 1.80 bits per heavy atom. The van der Waals surface area contributed by atoms with Crippen molar-refractivity contribution in [2.75, 3.05) is 13.1 Å². The summed E-state index contributed by atoms with van der Waals surface area (Å²) in [6.45, 7) is 1.84. The quantitative estimate of drug-likeness (QED) is 0.733. The van der Waals surface area contributed by atoms with Crippen LogP contribution in [-0.4, -0.2) is 23.2 Å². The second-order valence-corrected chi connectivity index (χ2v) is 5.46. The van der Waals surface area contributed by atoms with Crippen molar-refractivity contribution in [1.82, 2.24) is 4.90 Å². The fraction of sp³-hybridized carbons (Fsp3) is 0.364. The van der Waals surface area contributed by atoms with Crippen molar-refractivity contribution < 1.29 is 4.79 Å². The average molecular weight is 286 g/mol. The number of halogens is 1. The molecule has 0 aromatic heterocycles. The van der Waals surface area contributed by atoms with E-state index in [2.05, 4.69) is 15.9 Å². The zero-order valence-electron chi connectivity index (χ0n) is 8.28. The van der Waals surface area contributed by atoms with Crippen LogP contribution < -0.4 is 0 Å². The molecule has 0 radical (unpaired) electrons. The fourth-order valence-electron chi connectivity index (χ4n) is 1.57. The number of carbonyl (C=O) groups excluding carboxylic acids is 1. The van der Waals surface area contributed by atoms with Crippen LogP contribution in [0.1, 0.15) is 12.8 Å². The first kappa shape index (κ1) is 11.0. The molecule has 0 unspecified atom stereocenters. The van der Waals surface area contributed by atoms with E-state index in [1.165, 1.54) is 11.8 Å². The predicted octanol–water partition coefficient (Wildman–Crippen LogP) is 3.76. The summed E-state index contributed by atoms with van der Waals surface area (Å²) in [7, 11) is 0. The van der Waals surface area contributed by atoms with Gasteiger partial charge in [-0.2, -0.15) is 0 Å². The summed E-state index contributed by atoms with van der Waals surface area (Å²) in [5, 5.41) is 0.176. The molecule has 0 saturated carbocycles. The Balaban J connectivity index is 1.96. The van der Waals surface area contributed by atoms with Gasteiger partial charge in [-0.05, 0) is 48.9 Å². The highest BCUT2D eigenvalue weighted by atomic mass is 79.9.